The molecule has 2 rings (SSSR count). The number of aromatic nitrogens is 1. The minimum absolute atomic E-state index is 0.157. The van der Waals surface area contributed by atoms with Gasteiger partial charge in [0, 0.05) is 11.2 Å². The van der Waals surface area contributed by atoms with E-state index in [1.165, 1.54) is 25.1 Å². The number of amides is 1. The van der Waals surface area contributed by atoms with Crippen molar-refractivity contribution in [3.05, 3.63) is 56.4 Å². The third kappa shape index (κ3) is 4.90. The molecule has 1 unspecified atom stereocenters. The number of nitrogens with one attached hydrogen (secondary N) is 2. The van der Waals surface area contributed by atoms with Crippen LogP contribution in [0.1, 0.15) is 12.5 Å². The first-order chi connectivity index (χ1) is 11.6. The molecule has 10 heteroatoms. The van der Waals surface area contributed by atoms with Crippen LogP contribution in [0.4, 0.5) is 18.9 Å². The van der Waals surface area contributed by atoms with Gasteiger partial charge in [0.2, 0.25) is 0 Å². The molecule has 0 aliphatic rings. The van der Waals surface area contributed by atoms with Crippen LogP contribution in [-0.2, 0) is 11.0 Å². The maximum atomic E-state index is 12.7. The monoisotopic (exact) mass is 394 g/mol. The van der Waals surface area contributed by atoms with E-state index < -0.39 is 35.0 Å². The van der Waals surface area contributed by atoms with Gasteiger partial charge in [0.15, 0.2) is 6.10 Å². The summed E-state index contributed by atoms with van der Waals surface area (Å²) in [6.45, 7) is 1.35. The van der Waals surface area contributed by atoms with Crippen molar-refractivity contribution in [2.24, 2.45) is 0 Å². The summed E-state index contributed by atoms with van der Waals surface area (Å²) >= 11 is 11.7. The van der Waals surface area contributed by atoms with Crippen LogP contribution >= 0.6 is 23.2 Å². The first-order valence-electron chi connectivity index (χ1n) is 6.80. The molecular weight excluding hydrogens is 384 g/mol. The standard InChI is InChI=1S/C15H11Cl2F3N2O3/c1-7(25-12-3-2-9(16)5-10(12)17)13(23)22-11-4-8(15(18,19)20)6-21-14(11)24/h2-7H,1H3,(H,21,24)(H,22,23). The Hall–Kier alpha value is -2.19. The maximum absolute atomic E-state index is 12.7. The molecule has 0 aliphatic carbocycles. The van der Waals surface area contributed by atoms with Crippen molar-refractivity contribution in [1.29, 1.82) is 0 Å². The molecule has 1 aromatic heterocycles. The Kier molecular flexibility index (Phi) is 5.64. The Labute approximate surface area is 149 Å². The zero-order valence-electron chi connectivity index (χ0n) is 12.6. The summed E-state index contributed by atoms with van der Waals surface area (Å²) in [5, 5.41) is 2.62. The number of H-pyrrole nitrogens is 1. The molecule has 0 bridgehead atoms. The summed E-state index contributed by atoms with van der Waals surface area (Å²) in [6, 6.07) is 4.87. The molecule has 0 saturated carbocycles. The van der Waals surface area contributed by atoms with E-state index in [1.54, 1.807) is 0 Å². The van der Waals surface area contributed by atoms with Gasteiger partial charge in [-0.3, -0.25) is 9.59 Å². The highest BCUT2D eigenvalue weighted by Gasteiger charge is 2.31. The maximum Gasteiger partial charge on any atom is 0.417 e. The van der Waals surface area contributed by atoms with Crippen molar-refractivity contribution < 1.29 is 22.7 Å². The Morgan fingerprint density at radius 2 is 1.96 bits per heavy atom. The highest BCUT2D eigenvalue weighted by Crippen LogP contribution is 2.30. The van der Waals surface area contributed by atoms with E-state index in [9.17, 15) is 22.8 Å². The van der Waals surface area contributed by atoms with E-state index in [0.29, 0.717) is 17.3 Å². The summed E-state index contributed by atoms with van der Waals surface area (Å²) in [5.74, 6) is -0.664. The van der Waals surface area contributed by atoms with Crippen molar-refractivity contribution in [3.8, 4) is 5.75 Å². The number of benzene rings is 1. The summed E-state index contributed by atoms with van der Waals surface area (Å²) in [4.78, 5) is 25.6. The second-order valence-corrected chi connectivity index (χ2v) is 5.80. The van der Waals surface area contributed by atoms with E-state index in [-0.39, 0.29) is 10.8 Å². The minimum atomic E-state index is -4.66. The molecule has 2 aromatic rings. The topological polar surface area (TPSA) is 71.2 Å². The molecule has 5 nitrogen and oxygen atoms in total. The first-order valence-corrected chi connectivity index (χ1v) is 7.56. The molecule has 2 N–H and O–H groups in total. The second kappa shape index (κ2) is 7.37. The van der Waals surface area contributed by atoms with E-state index in [2.05, 4.69) is 5.32 Å². The van der Waals surface area contributed by atoms with Crippen molar-refractivity contribution in [2.75, 3.05) is 5.32 Å². The van der Waals surface area contributed by atoms with Gasteiger partial charge < -0.3 is 15.0 Å². The molecule has 0 fully saturated rings. The fourth-order valence-electron chi connectivity index (χ4n) is 1.79. The number of aromatic amines is 1. The molecular formula is C15H11Cl2F3N2O3. The van der Waals surface area contributed by atoms with Crippen molar-refractivity contribution in [1.82, 2.24) is 4.98 Å². The number of pyridine rings is 1. The highest BCUT2D eigenvalue weighted by atomic mass is 35.5. The minimum Gasteiger partial charge on any atom is -0.479 e. The number of hydrogen-bond acceptors (Lipinski definition) is 3. The lowest BCUT2D eigenvalue weighted by atomic mass is 10.2. The van der Waals surface area contributed by atoms with Gasteiger partial charge in [-0.05, 0) is 31.2 Å². The SMILES string of the molecule is CC(Oc1ccc(Cl)cc1Cl)C(=O)Nc1cc(C(F)(F)F)c[nH]c1=O. The molecule has 1 amide bonds. The number of rotatable bonds is 4. The van der Waals surface area contributed by atoms with Gasteiger partial charge in [-0.1, -0.05) is 23.2 Å². The third-order valence-electron chi connectivity index (χ3n) is 3.06. The predicted molar refractivity (Wildman–Crippen MR) is 87.2 cm³/mol. The quantitative estimate of drug-likeness (QED) is 0.819. The summed E-state index contributed by atoms with van der Waals surface area (Å²) in [7, 11) is 0. The lowest BCUT2D eigenvalue weighted by Crippen LogP contribution is -2.32. The number of alkyl halides is 3. The Balaban J connectivity index is 2.15. The van der Waals surface area contributed by atoms with Crippen LogP contribution in [0.2, 0.25) is 10.0 Å². The third-order valence-corrected chi connectivity index (χ3v) is 3.59. The molecule has 1 atom stereocenters. The van der Waals surface area contributed by atoms with Crippen LogP contribution in [0.15, 0.2) is 35.3 Å². The number of carbonyl (C=O) groups excluding carboxylic acids is 1. The highest BCUT2D eigenvalue weighted by molar-refractivity contribution is 6.35. The van der Waals surface area contributed by atoms with Gasteiger partial charge in [0.25, 0.3) is 11.5 Å². The largest absolute Gasteiger partial charge is 0.479 e. The van der Waals surface area contributed by atoms with Crippen LogP contribution in [0.25, 0.3) is 0 Å². The van der Waals surface area contributed by atoms with Crippen LogP contribution in [0.5, 0.6) is 5.75 Å². The van der Waals surface area contributed by atoms with Crippen molar-refractivity contribution in [3.63, 3.8) is 0 Å². The van der Waals surface area contributed by atoms with Gasteiger partial charge in [0.1, 0.15) is 11.4 Å². The summed E-state index contributed by atoms with van der Waals surface area (Å²) in [6.07, 6.45) is -5.28. The molecule has 0 saturated heterocycles. The van der Waals surface area contributed by atoms with E-state index in [1.807, 2.05) is 4.98 Å². The van der Waals surface area contributed by atoms with E-state index in [0.717, 1.165) is 0 Å². The lowest BCUT2D eigenvalue weighted by molar-refractivity contribution is -0.137. The average Bonchev–Trinajstić information content (AvgIpc) is 2.50. The van der Waals surface area contributed by atoms with E-state index in [4.69, 9.17) is 27.9 Å². The summed E-state index contributed by atoms with van der Waals surface area (Å²) < 4.78 is 43.4. The molecule has 0 radical (unpaired) electrons. The average molecular weight is 395 g/mol. The normalized spacial score (nSPS) is 12.6. The zero-order valence-corrected chi connectivity index (χ0v) is 14.1. The van der Waals surface area contributed by atoms with Gasteiger partial charge in [-0.15, -0.1) is 0 Å². The number of hydrogen-bond donors (Lipinski definition) is 2. The van der Waals surface area contributed by atoms with Crippen molar-refractivity contribution >= 4 is 34.8 Å². The van der Waals surface area contributed by atoms with Crippen molar-refractivity contribution in [2.45, 2.75) is 19.2 Å². The first kappa shape index (κ1) is 19.1. The molecule has 0 spiro atoms. The fraction of sp³-hybridized carbons (Fsp3) is 0.200. The Morgan fingerprint density at radius 1 is 1.28 bits per heavy atom. The molecule has 1 aromatic carbocycles. The van der Waals surface area contributed by atoms with E-state index >= 15 is 0 Å². The van der Waals surface area contributed by atoms with Crippen LogP contribution < -0.4 is 15.6 Å². The van der Waals surface area contributed by atoms with Crippen LogP contribution in [-0.4, -0.2) is 17.0 Å². The Morgan fingerprint density at radius 3 is 2.56 bits per heavy atom. The van der Waals surface area contributed by atoms with Gasteiger partial charge in [-0.2, -0.15) is 13.2 Å². The van der Waals surface area contributed by atoms with Gasteiger partial charge in [0.05, 0.1) is 10.6 Å². The Bertz CT molecular complexity index is 853. The molecule has 1 heterocycles. The summed E-state index contributed by atoms with van der Waals surface area (Å²) in [5.41, 5.74) is -2.52. The fourth-order valence-corrected chi connectivity index (χ4v) is 2.24. The van der Waals surface area contributed by atoms with Gasteiger partial charge in [-0.25, -0.2) is 0 Å². The number of ether oxygens (including phenoxy) is 1. The molecule has 134 valence electrons. The lowest BCUT2D eigenvalue weighted by Gasteiger charge is -2.16. The van der Waals surface area contributed by atoms with Crippen LogP contribution in [0, 0.1) is 0 Å². The predicted octanol–water partition coefficient (Wildman–Crippen LogP) is 4.11. The zero-order chi connectivity index (χ0) is 18.8. The number of carbonyl (C=O) groups is 1. The number of anilines is 1. The molecule has 25 heavy (non-hydrogen) atoms. The second-order valence-electron chi connectivity index (χ2n) is 4.95. The molecule has 0 aliphatic heterocycles. The number of halogens is 5. The van der Waals surface area contributed by atoms with Gasteiger partial charge >= 0.3 is 6.18 Å². The van der Waals surface area contributed by atoms with Crippen LogP contribution in [0.3, 0.4) is 0 Å². The smallest absolute Gasteiger partial charge is 0.417 e.